The lowest BCUT2D eigenvalue weighted by Crippen LogP contribution is -2.22. The summed E-state index contributed by atoms with van der Waals surface area (Å²) in [6.07, 6.45) is 5.53. The molecule has 0 aliphatic carbocycles. The molecule has 3 aromatic rings. The molecule has 1 aliphatic heterocycles. The van der Waals surface area contributed by atoms with E-state index in [0.717, 1.165) is 19.5 Å². The zero-order chi connectivity index (χ0) is 22.7. The highest BCUT2D eigenvalue weighted by atomic mass is 35.5. The lowest BCUT2D eigenvalue weighted by molar-refractivity contribution is -0.0964. The van der Waals surface area contributed by atoms with Crippen LogP contribution in [0.25, 0.3) is 11.4 Å². The first kappa shape index (κ1) is 21.8. The van der Waals surface area contributed by atoms with E-state index in [2.05, 4.69) is 42.0 Å². The number of rotatable bonds is 6. The Bertz CT molecular complexity index is 1100. The summed E-state index contributed by atoms with van der Waals surface area (Å²) >= 11 is 4.75. The number of nitrogens with one attached hydrogen (secondary N) is 1. The molecule has 0 spiro atoms. The number of benzene rings is 1. The highest BCUT2D eigenvalue weighted by Gasteiger charge is 2.27. The molecule has 1 aliphatic rings. The Balaban J connectivity index is 1.57. The number of alkyl halides is 3. The van der Waals surface area contributed by atoms with Crippen LogP contribution in [0.4, 0.5) is 20.3 Å². The minimum Gasteiger partial charge on any atom is -0.420 e. The quantitative estimate of drug-likeness (QED) is 0.551. The van der Waals surface area contributed by atoms with Crippen LogP contribution in [0.3, 0.4) is 0 Å². The molecule has 2 aromatic heterocycles. The first-order chi connectivity index (χ1) is 15.3. The maximum atomic E-state index is 12.8. The van der Waals surface area contributed by atoms with E-state index in [-0.39, 0.29) is 11.3 Å². The fourth-order valence-corrected chi connectivity index (χ4v) is 3.53. The van der Waals surface area contributed by atoms with Crippen molar-refractivity contribution in [3.63, 3.8) is 0 Å². The molecule has 1 N–H and O–H groups in total. The largest absolute Gasteiger partial charge is 0.487 e. The SMILES string of the molecule is C[C@@H]1CCN(c2ncc(C(=O)Nc3ccc(OC(F)(F)Cl)cc3)cc2-c2nccnn2)C1. The van der Waals surface area contributed by atoms with Gasteiger partial charge in [-0.25, -0.2) is 9.97 Å². The van der Waals surface area contributed by atoms with Gasteiger partial charge < -0.3 is 15.0 Å². The summed E-state index contributed by atoms with van der Waals surface area (Å²) in [7, 11) is 0. The second-order valence-electron chi connectivity index (χ2n) is 7.43. The molecule has 1 atom stereocenters. The number of ether oxygens (including phenoxy) is 1. The Kier molecular flexibility index (Phi) is 6.13. The van der Waals surface area contributed by atoms with Crippen LogP contribution >= 0.6 is 11.6 Å². The number of carbonyl (C=O) groups excluding carboxylic acids is 1. The summed E-state index contributed by atoms with van der Waals surface area (Å²) in [5.74, 6) is 1.04. The Morgan fingerprint density at radius 1 is 1.25 bits per heavy atom. The van der Waals surface area contributed by atoms with Crippen LogP contribution in [-0.4, -0.2) is 44.7 Å². The molecule has 4 rings (SSSR count). The van der Waals surface area contributed by atoms with E-state index in [1.54, 1.807) is 6.07 Å². The normalized spacial score (nSPS) is 16.1. The van der Waals surface area contributed by atoms with Crippen molar-refractivity contribution in [3.05, 3.63) is 54.5 Å². The van der Waals surface area contributed by atoms with Gasteiger partial charge in [0.05, 0.1) is 17.3 Å². The minimum atomic E-state index is -3.81. The molecular formula is C21H19ClF2N6O2. The molecule has 3 heterocycles. The van der Waals surface area contributed by atoms with E-state index in [9.17, 15) is 13.6 Å². The summed E-state index contributed by atoms with van der Waals surface area (Å²) < 4.78 is 29.7. The van der Waals surface area contributed by atoms with Crippen LogP contribution in [0.1, 0.15) is 23.7 Å². The maximum Gasteiger partial charge on any atom is 0.487 e. The Morgan fingerprint density at radius 3 is 2.66 bits per heavy atom. The standard InChI is InChI=1S/C21H19ClF2N6O2/c1-13-6-9-30(12-13)19-17(18-25-7-8-27-29-18)10-14(11-26-19)20(31)28-15-2-4-16(5-3-15)32-21(22,23)24/h2-5,7-8,10-11,13H,6,9,12H2,1H3,(H,28,31)/t13-/m1/s1. The molecule has 0 radical (unpaired) electrons. The van der Waals surface area contributed by atoms with Crippen LogP contribution in [-0.2, 0) is 0 Å². The van der Waals surface area contributed by atoms with Gasteiger partial charge in [0, 0.05) is 42.8 Å². The van der Waals surface area contributed by atoms with Gasteiger partial charge in [0.25, 0.3) is 5.91 Å². The van der Waals surface area contributed by atoms with Gasteiger partial charge in [0.2, 0.25) is 0 Å². The molecular weight excluding hydrogens is 442 g/mol. The van der Waals surface area contributed by atoms with Gasteiger partial charge in [-0.1, -0.05) is 6.92 Å². The average Bonchev–Trinajstić information content (AvgIpc) is 3.20. The van der Waals surface area contributed by atoms with E-state index >= 15 is 0 Å². The lowest BCUT2D eigenvalue weighted by atomic mass is 10.1. The second kappa shape index (κ2) is 8.99. The van der Waals surface area contributed by atoms with Crippen LogP contribution in [0.5, 0.6) is 5.75 Å². The van der Waals surface area contributed by atoms with Crippen molar-refractivity contribution in [2.24, 2.45) is 5.92 Å². The smallest absolute Gasteiger partial charge is 0.420 e. The monoisotopic (exact) mass is 460 g/mol. The fourth-order valence-electron chi connectivity index (χ4n) is 3.44. The number of amides is 1. The molecule has 1 fully saturated rings. The van der Waals surface area contributed by atoms with Gasteiger partial charge in [0.15, 0.2) is 5.82 Å². The third-order valence-corrected chi connectivity index (χ3v) is 5.00. The third-order valence-electron chi connectivity index (χ3n) is 4.92. The molecule has 0 unspecified atom stereocenters. The molecule has 166 valence electrons. The number of hydrogen-bond donors (Lipinski definition) is 1. The maximum absolute atomic E-state index is 12.8. The van der Waals surface area contributed by atoms with Crippen molar-refractivity contribution >= 4 is 29.0 Å². The van der Waals surface area contributed by atoms with Crippen molar-refractivity contribution < 1.29 is 18.3 Å². The molecule has 0 bridgehead atoms. The van der Waals surface area contributed by atoms with E-state index < -0.39 is 11.5 Å². The summed E-state index contributed by atoms with van der Waals surface area (Å²) in [4.78, 5) is 23.7. The predicted octanol–water partition coefficient (Wildman–Crippen LogP) is 4.20. The Labute approximate surface area is 187 Å². The number of pyridine rings is 1. The van der Waals surface area contributed by atoms with Gasteiger partial charge in [-0.05, 0) is 42.7 Å². The summed E-state index contributed by atoms with van der Waals surface area (Å²) in [5.41, 5.74) is -2.53. The van der Waals surface area contributed by atoms with Crippen LogP contribution in [0.2, 0.25) is 0 Å². The Hall–Kier alpha value is -3.40. The van der Waals surface area contributed by atoms with Crippen LogP contribution < -0.4 is 15.0 Å². The molecule has 1 amide bonds. The number of anilines is 2. The lowest BCUT2D eigenvalue weighted by Gasteiger charge is -2.20. The Morgan fingerprint density at radius 2 is 2.03 bits per heavy atom. The van der Waals surface area contributed by atoms with Gasteiger partial charge >= 0.3 is 5.57 Å². The fraction of sp³-hybridized carbons (Fsp3) is 0.286. The molecule has 1 saturated heterocycles. The number of aromatic nitrogens is 4. The van der Waals surface area contributed by atoms with Crippen molar-refractivity contribution in [3.8, 4) is 17.1 Å². The van der Waals surface area contributed by atoms with E-state index in [0.29, 0.717) is 28.8 Å². The molecule has 32 heavy (non-hydrogen) atoms. The van der Waals surface area contributed by atoms with Crippen molar-refractivity contribution in [1.29, 1.82) is 0 Å². The topological polar surface area (TPSA) is 93.1 Å². The van der Waals surface area contributed by atoms with Crippen molar-refractivity contribution in [1.82, 2.24) is 20.2 Å². The first-order valence-corrected chi connectivity index (χ1v) is 10.2. The van der Waals surface area contributed by atoms with Crippen molar-refractivity contribution in [2.45, 2.75) is 18.9 Å². The number of carbonyl (C=O) groups is 1. The number of hydrogen-bond acceptors (Lipinski definition) is 7. The third kappa shape index (κ3) is 5.25. The minimum absolute atomic E-state index is 0.134. The average molecular weight is 461 g/mol. The van der Waals surface area contributed by atoms with E-state index in [4.69, 9.17) is 11.6 Å². The molecule has 11 heteroatoms. The van der Waals surface area contributed by atoms with Crippen LogP contribution in [0.15, 0.2) is 48.9 Å². The number of halogens is 3. The highest BCUT2D eigenvalue weighted by molar-refractivity contribution is 6.20. The predicted molar refractivity (Wildman–Crippen MR) is 115 cm³/mol. The summed E-state index contributed by atoms with van der Waals surface area (Å²) in [5, 5.41) is 10.7. The molecule has 0 saturated carbocycles. The summed E-state index contributed by atoms with van der Waals surface area (Å²) in [6, 6.07) is 7.07. The highest BCUT2D eigenvalue weighted by Crippen LogP contribution is 2.31. The van der Waals surface area contributed by atoms with Gasteiger partial charge in [0.1, 0.15) is 11.6 Å². The molecule has 1 aromatic carbocycles. The van der Waals surface area contributed by atoms with E-state index in [1.807, 2.05) is 0 Å². The second-order valence-corrected chi connectivity index (χ2v) is 7.87. The summed E-state index contributed by atoms with van der Waals surface area (Å²) in [6.45, 7) is 3.87. The zero-order valence-electron chi connectivity index (χ0n) is 17.0. The van der Waals surface area contributed by atoms with Gasteiger partial charge in [-0.15, -0.1) is 13.9 Å². The van der Waals surface area contributed by atoms with Gasteiger partial charge in [-0.3, -0.25) is 4.79 Å². The zero-order valence-corrected chi connectivity index (χ0v) is 17.8. The first-order valence-electron chi connectivity index (χ1n) is 9.85. The van der Waals surface area contributed by atoms with Gasteiger partial charge in [-0.2, -0.15) is 5.10 Å². The molecule has 8 nitrogen and oxygen atoms in total. The van der Waals surface area contributed by atoms with Crippen molar-refractivity contribution in [2.75, 3.05) is 23.3 Å². The van der Waals surface area contributed by atoms with E-state index in [1.165, 1.54) is 42.9 Å². The number of nitrogens with zero attached hydrogens (tertiary/aromatic N) is 5. The van der Waals surface area contributed by atoms with Crippen LogP contribution in [0, 0.1) is 5.92 Å².